The molecule has 3 heterocycles. The molecule has 3 aromatic rings. The third kappa shape index (κ3) is 4.29. The van der Waals surface area contributed by atoms with E-state index in [0.717, 1.165) is 60.5 Å². The molecule has 164 valence electrons. The van der Waals surface area contributed by atoms with Crippen LogP contribution in [0.15, 0.2) is 36.7 Å². The number of aromatic carboxylic acids is 1. The number of carbonyl (C=O) groups is 1. The number of H-pyrrole nitrogens is 1. The van der Waals surface area contributed by atoms with E-state index in [1.807, 2.05) is 12.3 Å². The van der Waals surface area contributed by atoms with Crippen molar-refractivity contribution >= 4 is 16.9 Å². The topological polar surface area (TPSA) is 87.7 Å². The van der Waals surface area contributed by atoms with Crippen molar-refractivity contribution in [1.29, 1.82) is 0 Å². The van der Waals surface area contributed by atoms with Gasteiger partial charge in [0.1, 0.15) is 11.4 Å². The molecular formula is C24H29N3O4. The molecule has 0 aliphatic carbocycles. The molecular weight excluding hydrogens is 394 g/mol. The predicted molar refractivity (Wildman–Crippen MR) is 119 cm³/mol. The molecule has 0 amide bonds. The number of hydrogen-bond donors (Lipinski definition) is 2. The van der Waals surface area contributed by atoms with E-state index in [0.29, 0.717) is 5.92 Å². The number of ether oxygens (including phenoxy) is 2. The maximum atomic E-state index is 11.2. The summed E-state index contributed by atoms with van der Waals surface area (Å²) in [6.45, 7) is 4.46. The fourth-order valence-electron chi connectivity index (χ4n) is 4.72. The molecule has 0 spiro atoms. The van der Waals surface area contributed by atoms with Gasteiger partial charge in [0, 0.05) is 55.2 Å². The molecule has 0 bridgehead atoms. The van der Waals surface area contributed by atoms with Crippen molar-refractivity contribution in [2.75, 3.05) is 27.4 Å². The quantitative estimate of drug-likeness (QED) is 0.593. The fraction of sp³-hybridized carbons (Fsp3) is 0.417. The lowest BCUT2D eigenvalue weighted by Crippen LogP contribution is -2.37. The van der Waals surface area contributed by atoms with Crippen LogP contribution in [0.3, 0.4) is 0 Å². The molecule has 1 aliphatic rings. The van der Waals surface area contributed by atoms with Crippen molar-refractivity contribution in [2.45, 2.75) is 32.4 Å². The van der Waals surface area contributed by atoms with Gasteiger partial charge in [0.2, 0.25) is 0 Å². The first kappa shape index (κ1) is 21.3. The first-order valence-corrected chi connectivity index (χ1v) is 10.6. The Kier molecular flexibility index (Phi) is 6.25. The molecule has 2 N–H and O–H groups in total. The Morgan fingerprint density at radius 3 is 2.84 bits per heavy atom. The molecule has 1 unspecified atom stereocenters. The maximum absolute atomic E-state index is 11.2. The number of nitrogens with zero attached hydrogens (tertiary/aromatic N) is 2. The van der Waals surface area contributed by atoms with Gasteiger partial charge in [-0.15, -0.1) is 0 Å². The summed E-state index contributed by atoms with van der Waals surface area (Å²) >= 11 is 0. The lowest BCUT2D eigenvalue weighted by Gasteiger charge is -2.40. The van der Waals surface area contributed by atoms with Crippen molar-refractivity contribution in [3.05, 3.63) is 59.0 Å². The number of fused-ring (bicyclic) bond motifs is 1. The Morgan fingerprint density at radius 1 is 1.32 bits per heavy atom. The summed E-state index contributed by atoms with van der Waals surface area (Å²) < 4.78 is 11.2. The van der Waals surface area contributed by atoms with Crippen LogP contribution in [0.2, 0.25) is 0 Å². The van der Waals surface area contributed by atoms with Gasteiger partial charge in [-0.25, -0.2) is 9.78 Å². The van der Waals surface area contributed by atoms with Crippen molar-refractivity contribution < 1.29 is 19.4 Å². The second-order valence-corrected chi connectivity index (χ2v) is 8.25. The third-order valence-corrected chi connectivity index (χ3v) is 6.31. The standard InChI is InChI=1S/C24H29N3O4/c1-15-10-22(31-3)19(18-6-8-25-23(15)18)13-27-9-7-16(14-30-2)11-21(27)17-4-5-20(24(28)29)26-12-17/h4-6,8,10,12,16,21,25H,7,9,11,13-14H2,1-3H3,(H,28,29)/t16?,21-/m0/s1. The Labute approximate surface area is 182 Å². The van der Waals surface area contributed by atoms with Crippen molar-refractivity contribution in [3.63, 3.8) is 0 Å². The molecule has 1 saturated heterocycles. The minimum Gasteiger partial charge on any atom is -0.496 e. The zero-order valence-corrected chi connectivity index (χ0v) is 18.2. The number of aryl methyl sites for hydroxylation is 1. The number of carboxylic acids is 1. The van der Waals surface area contributed by atoms with Crippen LogP contribution in [-0.4, -0.2) is 53.3 Å². The molecule has 2 aromatic heterocycles. The van der Waals surface area contributed by atoms with Gasteiger partial charge in [0.25, 0.3) is 0 Å². The first-order chi connectivity index (χ1) is 15.0. The molecule has 0 saturated carbocycles. The highest BCUT2D eigenvalue weighted by molar-refractivity contribution is 5.88. The number of piperidine rings is 1. The zero-order valence-electron chi connectivity index (χ0n) is 18.2. The minimum absolute atomic E-state index is 0.0637. The maximum Gasteiger partial charge on any atom is 0.354 e. The van der Waals surface area contributed by atoms with Crippen LogP contribution in [0.5, 0.6) is 5.75 Å². The second kappa shape index (κ2) is 9.08. The molecule has 1 aliphatic heterocycles. The summed E-state index contributed by atoms with van der Waals surface area (Å²) in [6, 6.07) is 7.80. The summed E-state index contributed by atoms with van der Waals surface area (Å²) in [5, 5.41) is 10.4. The number of rotatable bonds is 7. The highest BCUT2D eigenvalue weighted by Gasteiger charge is 2.31. The van der Waals surface area contributed by atoms with Gasteiger partial charge < -0.3 is 19.6 Å². The molecule has 0 radical (unpaired) electrons. The van der Waals surface area contributed by atoms with E-state index in [1.165, 1.54) is 5.39 Å². The van der Waals surface area contributed by atoms with E-state index >= 15 is 0 Å². The molecule has 31 heavy (non-hydrogen) atoms. The minimum atomic E-state index is -1.01. The largest absolute Gasteiger partial charge is 0.496 e. The number of nitrogens with one attached hydrogen (secondary N) is 1. The first-order valence-electron chi connectivity index (χ1n) is 10.6. The molecule has 1 fully saturated rings. The SMILES string of the molecule is COCC1CCN(Cc2c(OC)cc(C)c3[nH]ccc23)[C@H](c2ccc(C(=O)O)nc2)C1. The van der Waals surface area contributed by atoms with E-state index in [-0.39, 0.29) is 11.7 Å². The van der Waals surface area contributed by atoms with Crippen molar-refractivity contribution in [2.24, 2.45) is 5.92 Å². The molecule has 7 heteroatoms. The molecule has 1 aromatic carbocycles. The number of hydrogen-bond acceptors (Lipinski definition) is 5. The molecule has 7 nitrogen and oxygen atoms in total. The van der Waals surface area contributed by atoms with Gasteiger partial charge in [-0.2, -0.15) is 0 Å². The second-order valence-electron chi connectivity index (χ2n) is 8.25. The van der Waals surface area contributed by atoms with Crippen LogP contribution in [0.1, 0.15) is 46.1 Å². The van der Waals surface area contributed by atoms with Gasteiger partial charge in [-0.1, -0.05) is 6.07 Å². The predicted octanol–water partition coefficient (Wildman–Crippen LogP) is 4.18. The number of carboxylic acid groups (broad SMARTS) is 1. The Hall–Kier alpha value is -2.90. The molecule has 4 rings (SSSR count). The van der Waals surface area contributed by atoms with E-state index in [2.05, 4.69) is 33.9 Å². The Balaban J connectivity index is 1.69. The summed E-state index contributed by atoms with van der Waals surface area (Å²) in [7, 11) is 3.46. The van der Waals surface area contributed by atoms with E-state index in [4.69, 9.17) is 9.47 Å². The van der Waals surface area contributed by atoms with Crippen molar-refractivity contribution in [3.8, 4) is 5.75 Å². The summed E-state index contributed by atoms with van der Waals surface area (Å²) in [5.74, 6) is 0.336. The van der Waals surface area contributed by atoms with Crippen LogP contribution in [-0.2, 0) is 11.3 Å². The number of benzene rings is 1. The van der Waals surface area contributed by atoms with Gasteiger partial charge in [0.15, 0.2) is 0 Å². The van der Waals surface area contributed by atoms with Gasteiger partial charge >= 0.3 is 5.97 Å². The number of likely N-dealkylation sites (tertiary alicyclic amines) is 1. The summed E-state index contributed by atoms with van der Waals surface area (Å²) in [6.07, 6.45) is 5.66. The number of aromatic amines is 1. The molecule has 2 atom stereocenters. The van der Waals surface area contributed by atoms with Crippen LogP contribution in [0.4, 0.5) is 0 Å². The van der Waals surface area contributed by atoms with Crippen LogP contribution >= 0.6 is 0 Å². The number of pyridine rings is 1. The van der Waals surface area contributed by atoms with E-state index in [9.17, 15) is 9.90 Å². The Bertz CT molecular complexity index is 1060. The van der Waals surface area contributed by atoms with Crippen molar-refractivity contribution in [1.82, 2.24) is 14.9 Å². The highest BCUT2D eigenvalue weighted by atomic mass is 16.5. The van der Waals surface area contributed by atoms with Gasteiger partial charge in [-0.3, -0.25) is 4.90 Å². The van der Waals surface area contributed by atoms with Crippen LogP contribution in [0.25, 0.3) is 10.9 Å². The lowest BCUT2D eigenvalue weighted by molar-refractivity contribution is 0.0577. The van der Waals surface area contributed by atoms with Gasteiger partial charge in [0.05, 0.1) is 7.11 Å². The third-order valence-electron chi connectivity index (χ3n) is 6.31. The lowest BCUT2D eigenvalue weighted by atomic mass is 9.87. The average Bonchev–Trinajstić information content (AvgIpc) is 3.27. The van der Waals surface area contributed by atoms with E-state index in [1.54, 1.807) is 26.5 Å². The van der Waals surface area contributed by atoms with Gasteiger partial charge in [-0.05, 0) is 61.6 Å². The van der Waals surface area contributed by atoms with Crippen LogP contribution < -0.4 is 4.74 Å². The monoisotopic (exact) mass is 423 g/mol. The summed E-state index contributed by atoms with van der Waals surface area (Å²) in [4.78, 5) is 21.2. The van der Waals surface area contributed by atoms with E-state index < -0.39 is 5.97 Å². The normalized spacial score (nSPS) is 19.6. The smallest absolute Gasteiger partial charge is 0.354 e. The average molecular weight is 424 g/mol. The highest BCUT2D eigenvalue weighted by Crippen LogP contribution is 2.38. The fourth-order valence-corrected chi connectivity index (χ4v) is 4.72. The number of methoxy groups -OCH3 is 2. The van der Waals surface area contributed by atoms with Crippen LogP contribution in [0, 0.1) is 12.8 Å². The Morgan fingerprint density at radius 2 is 2.16 bits per heavy atom. The number of aromatic nitrogens is 2. The zero-order chi connectivity index (χ0) is 22.0. The summed E-state index contributed by atoms with van der Waals surface area (Å²) in [5.41, 5.74) is 4.55.